The van der Waals surface area contributed by atoms with Crippen LogP contribution in [0.2, 0.25) is 5.02 Å². The van der Waals surface area contributed by atoms with Gasteiger partial charge in [0.15, 0.2) is 6.61 Å². The number of hydrazone groups is 1. The third-order valence-electron chi connectivity index (χ3n) is 4.93. The maximum atomic E-state index is 12.8. The molecule has 0 unspecified atom stereocenters. The minimum absolute atomic E-state index is 0.343. The van der Waals surface area contributed by atoms with Crippen LogP contribution in [0.5, 0.6) is 0 Å². The molecule has 2 amide bonds. The van der Waals surface area contributed by atoms with Crippen LogP contribution in [-0.4, -0.2) is 41.7 Å². The number of rotatable bonds is 7. The number of halogens is 1. The summed E-state index contributed by atoms with van der Waals surface area (Å²) in [6.07, 6.45) is 1.96. The molecule has 3 heterocycles. The molecule has 1 aliphatic rings. The van der Waals surface area contributed by atoms with Crippen LogP contribution in [0.4, 0.5) is 0 Å². The Hall–Kier alpha value is -3.43. The molecule has 8 nitrogen and oxygen atoms in total. The van der Waals surface area contributed by atoms with E-state index < -0.39 is 24.5 Å². The minimum atomic E-state index is -0.722. The molecule has 1 aliphatic heterocycles. The second-order valence-electron chi connectivity index (χ2n) is 7.28. The third kappa shape index (κ3) is 5.50. The Kier molecular flexibility index (Phi) is 6.90. The first kappa shape index (κ1) is 22.8. The molecule has 0 saturated heterocycles. The molecule has 0 bridgehead atoms. The third-order valence-corrected chi connectivity index (χ3v) is 6.18. The molecule has 0 fully saturated rings. The van der Waals surface area contributed by atoms with Crippen LogP contribution in [0.3, 0.4) is 0 Å². The van der Waals surface area contributed by atoms with Gasteiger partial charge in [-0.2, -0.15) is 5.10 Å². The summed E-state index contributed by atoms with van der Waals surface area (Å²) in [4.78, 5) is 38.4. The summed E-state index contributed by atoms with van der Waals surface area (Å²) in [6, 6.07) is 13.7. The molecule has 0 spiro atoms. The van der Waals surface area contributed by atoms with E-state index in [0.29, 0.717) is 27.8 Å². The molecular formula is C23H20ClN3O5S. The Labute approximate surface area is 198 Å². The zero-order chi connectivity index (χ0) is 23.4. The van der Waals surface area contributed by atoms with E-state index in [1.165, 1.54) is 22.6 Å². The Morgan fingerprint density at radius 3 is 2.67 bits per heavy atom. The number of carbonyl (C=O) groups excluding carboxylic acids is 3. The number of esters is 1. The number of benzene rings is 1. The lowest BCUT2D eigenvalue weighted by atomic mass is 10.0. The van der Waals surface area contributed by atoms with Crippen molar-refractivity contribution in [1.29, 1.82) is 0 Å². The van der Waals surface area contributed by atoms with E-state index in [-0.39, 0.29) is 12.5 Å². The number of nitrogens with zero attached hydrogens (tertiary/aromatic N) is 2. The van der Waals surface area contributed by atoms with Crippen molar-refractivity contribution in [2.45, 2.75) is 19.4 Å². The van der Waals surface area contributed by atoms with Gasteiger partial charge in [-0.3, -0.25) is 14.4 Å². The molecule has 1 atom stereocenters. The largest absolute Gasteiger partial charge is 0.467 e. The number of thiophene rings is 1. The predicted octanol–water partition coefficient (Wildman–Crippen LogP) is 3.95. The van der Waals surface area contributed by atoms with Gasteiger partial charge in [-0.05, 0) is 48.9 Å². The minimum Gasteiger partial charge on any atom is -0.467 e. The number of furan rings is 1. The standard InChI is InChI=1S/C23H20ClN3O5S/c1-14-4-9-20(33-14)23(30)25-12-22(29)32-13-21(28)27-18(19-3-2-10-31-19)11-17(26-27)15-5-7-16(24)8-6-15/h2-10,18H,11-13H2,1H3,(H,25,30)/t18-/m1/s1. The summed E-state index contributed by atoms with van der Waals surface area (Å²) in [5, 5.41) is 8.81. The van der Waals surface area contributed by atoms with Gasteiger partial charge in [0.05, 0.1) is 16.9 Å². The molecule has 0 aliphatic carbocycles. The molecule has 2 aromatic heterocycles. The van der Waals surface area contributed by atoms with Crippen molar-refractivity contribution in [2.24, 2.45) is 5.10 Å². The number of nitrogens with one attached hydrogen (secondary N) is 1. The predicted molar refractivity (Wildman–Crippen MR) is 123 cm³/mol. The van der Waals surface area contributed by atoms with Crippen molar-refractivity contribution in [3.8, 4) is 0 Å². The van der Waals surface area contributed by atoms with Crippen LogP contribution in [0, 0.1) is 6.92 Å². The normalized spacial score (nSPS) is 15.3. The van der Waals surface area contributed by atoms with Gasteiger partial charge in [-0.1, -0.05) is 23.7 Å². The molecule has 170 valence electrons. The number of aryl methyl sites for hydroxylation is 1. The quantitative estimate of drug-likeness (QED) is 0.510. The lowest BCUT2D eigenvalue weighted by molar-refractivity contribution is -0.152. The van der Waals surface area contributed by atoms with Crippen LogP contribution in [-0.2, 0) is 14.3 Å². The fourth-order valence-electron chi connectivity index (χ4n) is 3.32. The lowest BCUT2D eigenvalue weighted by Gasteiger charge is -2.19. The highest BCUT2D eigenvalue weighted by molar-refractivity contribution is 7.13. The van der Waals surface area contributed by atoms with Crippen molar-refractivity contribution >= 4 is 46.4 Å². The van der Waals surface area contributed by atoms with E-state index in [1.54, 1.807) is 30.3 Å². The smallest absolute Gasteiger partial charge is 0.325 e. The Balaban J connectivity index is 1.37. The van der Waals surface area contributed by atoms with Crippen molar-refractivity contribution in [3.63, 3.8) is 0 Å². The van der Waals surface area contributed by atoms with E-state index in [2.05, 4.69) is 10.4 Å². The molecule has 10 heteroatoms. The van der Waals surface area contributed by atoms with Gasteiger partial charge >= 0.3 is 5.97 Å². The van der Waals surface area contributed by atoms with Crippen LogP contribution in [0.15, 0.2) is 64.3 Å². The first-order valence-electron chi connectivity index (χ1n) is 10.1. The molecule has 0 saturated carbocycles. The van der Waals surface area contributed by atoms with Gasteiger partial charge in [0.25, 0.3) is 11.8 Å². The van der Waals surface area contributed by atoms with Crippen LogP contribution in [0.1, 0.15) is 38.3 Å². The lowest BCUT2D eigenvalue weighted by Crippen LogP contribution is -2.34. The summed E-state index contributed by atoms with van der Waals surface area (Å²) in [7, 11) is 0. The van der Waals surface area contributed by atoms with Gasteiger partial charge in [-0.15, -0.1) is 11.3 Å². The Morgan fingerprint density at radius 2 is 2.00 bits per heavy atom. The number of carbonyl (C=O) groups is 3. The van der Waals surface area contributed by atoms with Crippen molar-refractivity contribution in [2.75, 3.05) is 13.2 Å². The number of ether oxygens (including phenoxy) is 1. The second kappa shape index (κ2) is 10.0. The maximum absolute atomic E-state index is 12.8. The van der Waals surface area contributed by atoms with E-state index in [4.69, 9.17) is 20.8 Å². The van der Waals surface area contributed by atoms with E-state index in [9.17, 15) is 14.4 Å². The zero-order valence-corrected chi connectivity index (χ0v) is 19.2. The van der Waals surface area contributed by atoms with Crippen molar-refractivity contribution in [1.82, 2.24) is 10.3 Å². The highest BCUT2D eigenvalue weighted by Gasteiger charge is 2.35. The van der Waals surface area contributed by atoms with Gasteiger partial charge in [0, 0.05) is 16.3 Å². The topological polar surface area (TPSA) is 101 Å². The Morgan fingerprint density at radius 1 is 1.21 bits per heavy atom. The van der Waals surface area contributed by atoms with Gasteiger partial charge in [-0.25, -0.2) is 5.01 Å². The van der Waals surface area contributed by atoms with Gasteiger partial charge < -0.3 is 14.5 Å². The SMILES string of the molecule is Cc1ccc(C(=O)NCC(=O)OCC(=O)N2N=C(c3ccc(Cl)cc3)C[C@@H]2c2ccco2)s1. The van der Waals surface area contributed by atoms with Crippen molar-refractivity contribution < 1.29 is 23.5 Å². The Bertz CT molecular complexity index is 1190. The number of hydrogen-bond acceptors (Lipinski definition) is 7. The number of hydrogen-bond donors (Lipinski definition) is 1. The van der Waals surface area contributed by atoms with E-state index in [0.717, 1.165) is 10.4 Å². The van der Waals surface area contributed by atoms with Crippen LogP contribution in [0.25, 0.3) is 0 Å². The summed E-state index contributed by atoms with van der Waals surface area (Å²) in [5.41, 5.74) is 1.51. The number of amides is 2. The summed E-state index contributed by atoms with van der Waals surface area (Å²) in [6.45, 7) is 1.03. The average molecular weight is 486 g/mol. The summed E-state index contributed by atoms with van der Waals surface area (Å²) >= 11 is 7.29. The van der Waals surface area contributed by atoms with Crippen molar-refractivity contribution in [3.05, 3.63) is 80.9 Å². The second-order valence-corrected chi connectivity index (χ2v) is 9.01. The summed E-state index contributed by atoms with van der Waals surface area (Å²) < 4.78 is 10.6. The molecule has 4 rings (SSSR count). The van der Waals surface area contributed by atoms with Gasteiger partial charge in [0.2, 0.25) is 0 Å². The first-order chi connectivity index (χ1) is 15.9. The maximum Gasteiger partial charge on any atom is 0.325 e. The fourth-order valence-corrected chi connectivity index (χ4v) is 4.23. The molecule has 1 aromatic carbocycles. The highest BCUT2D eigenvalue weighted by Crippen LogP contribution is 2.33. The van der Waals surface area contributed by atoms with Crippen LogP contribution >= 0.6 is 22.9 Å². The molecule has 1 N–H and O–H groups in total. The average Bonchev–Trinajstić information content (AvgIpc) is 3.56. The fraction of sp³-hybridized carbons (Fsp3) is 0.217. The highest BCUT2D eigenvalue weighted by atomic mass is 35.5. The zero-order valence-electron chi connectivity index (χ0n) is 17.6. The first-order valence-corrected chi connectivity index (χ1v) is 11.3. The van der Waals surface area contributed by atoms with Gasteiger partial charge in [0.1, 0.15) is 18.3 Å². The monoisotopic (exact) mass is 485 g/mol. The molecule has 3 aromatic rings. The van der Waals surface area contributed by atoms with E-state index in [1.807, 2.05) is 25.1 Å². The summed E-state index contributed by atoms with van der Waals surface area (Å²) in [5.74, 6) is -1.03. The molecular weight excluding hydrogens is 466 g/mol. The molecule has 33 heavy (non-hydrogen) atoms. The van der Waals surface area contributed by atoms with E-state index >= 15 is 0 Å². The molecule has 0 radical (unpaired) electrons. The van der Waals surface area contributed by atoms with Crippen LogP contribution < -0.4 is 5.32 Å².